The minimum atomic E-state index is 0.331. The Kier molecular flexibility index (Phi) is 4.75. The van der Waals surface area contributed by atoms with E-state index >= 15 is 0 Å². The van der Waals surface area contributed by atoms with E-state index in [9.17, 15) is 0 Å². The van der Waals surface area contributed by atoms with Gasteiger partial charge in [-0.1, -0.05) is 19.0 Å². The second-order valence-corrected chi connectivity index (χ2v) is 5.45. The quantitative estimate of drug-likeness (QED) is 0.772. The average molecular weight is 251 g/mol. The molecule has 0 aromatic carbocycles. The Morgan fingerprint density at radius 1 is 1.39 bits per heavy atom. The van der Waals surface area contributed by atoms with Crippen LogP contribution < -0.4 is 5.32 Å². The smallest absolute Gasteiger partial charge is 0.231 e. The van der Waals surface area contributed by atoms with Gasteiger partial charge in [0, 0.05) is 12.5 Å². The van der Waals surface area contributed by atoms with Crippen molar-refractivity contribution in [3.8, 4) is 0 Å². The average Bonchev–Trinajstić information content (AvgIpc) is 3.06. The van der Waals surface area contributed by atoms with Gasteiger partial charge < -0.3 is 9.84 Å². The molecule has 1 saturated carbocycles. The molecule has 1 aliphatic carbocycles. The first-order valence-electron chi connectivity index (χ1n) is 7.30. The van der Waals surface area contributed by atoms with Gasteiger partial charge in [-0.2, -0.15) is 4.98 Å². The summed E-state index contributed by atoms with van der Waals surface area (Å²) in [7, 11) is 0. The van der Waals surface area contributed by atoms with Crippen LogP contribution in [0.5, 0.6) is 0 Å². The van der Waals surface area contributed by atoms with Crippen molar-refractivity contribution in [3.63, 3.8) is 0 Å². The Morgan fingerprint density at radius 3 is 2.78 bits per heavy atom. The normalized spacial score (nSPS) is 18.8. The summed E-state index contributed by atoms with van der Waals surface area (Å²) in [5.41, 5.74) is 0. The maximum atomic E-state index is 5.45. The Balaban J connectivity index is 1.94. The minimum absolute atomic E-state index is 0.331. The van der Waals surface area contributed by atoms with Crippen LogP contribution in [0.3, 0.4) is 0 Å². The number of nitrogens with zero attached hydrogens (tertiary/aromatic N) is 2. The molecule has 2 rings (SSSR count). The van der Waals surface area contributed by atoms with Crippen LogP contribution in [0.4, 0.5) is 0 Å². The predicted octanol–water partition coefficient (Wildman–Crippen LogP) is 2.90. The fraction of sp³-hybridized carbons (Fsp3) is 0.857. The summed E-state index contributed by atoms with van der Waals surface area (Å²) in [6, 6.07) is 0.393. The van der Waals surface area contributed by atoms with E-state index in [1.54, 1.807) is 0 Å². The zero-order valence-corrected chi connectivity index (χ0v) is 11.8. The summed E-state index contributed by atoms with van der Waals surface area (Å²) in [5.74, 6) is 2.85. The maximum Gasteiger partial charge on any atom is 0.231 e. The van der Waals surface area contributed by atoms with Gasteiger partial charge in [0.05, 0.1) is 5.92 Å². The van der Waals surface area contributed by atoms with Gasteiger partial charge in [-0.05, 0) is 45.1 Å². The van der Waals surface area contributed by atoms with Crippen molar-refractivity contribution < 1.29 is 4.52 Å². The van der Waals surface area contributed by atoms with Crippen molar-refractivity contribution in [3.05, 3.63) is 11.7 Å². The first kappa shape index (κ1) is 13.5. The molecule has 4 heteroatoms. The van der Waals surface area contributed by atoms with Crippen molar-refractivity contribution in [1.82, 2.24) is 15.5 Å². The Hall–Kier alpha value is -0.900. The lowest BCUT2D eigenvalue weighted by Gasteiger charge is -2.20. The standard InChI is InChI=1S/C14H25N3O/c1-4-8-15-10(3)12(5-2)14-16-13(17-18-14)9-11-6-7-11/h10-12,15H,4-9H2,1-3H3. The first-order valence-corrected chi connectivity index (χ1v) is 7.30. The number of nitrogens with one attached hydrogen (secondary N) is 1. The number of aromatic nitrogens is 2. The van der Waals surface area contributed by atoms with Crippen LogP contribution in [0.2, 0.25) is 0 Å². The molecule has 18 heavy (non-hydrogen) atoms. The highest BCUT2D eigenvalue weighted by Crippen LogP contribution is 2.32. The van der Waals surface area contributed by atoms with Gasteiger partial charge in [0.1, 0.15) is 0 Å². The molecule has 4 nitrogen and oxygen atoms in total. The monoisotopic (exact) mass is 251 g/mol. The molecule has 0 saturated heterocycles. The predicted molar refractivity (Wildman–Crippen MR) is 71.5 cm³/mol. The summed E-state index contributed by atoms with van der Waals surface area (Å²) in [6.45, 7) is 7.61. The van der Waals surface area contributed by atoms with Gasteiger partial charge >= 0.3 is 0 Å². The van der Waals surface area contributed by atoms with E-state index in [2.05, 4.69) is 36.2 Å². The third-order valence-corrected chi connectivity index (χ3v) is 3.73. The van der Waals surface area contributed by atoms with Gasteiger partial charge in [0.25, 0.3) is 0 Å². The second-order valence-electron chi connectivity index (χ2n) is 5.45. The summed E-state index contributed by atoms with van der Waals surface area (Å²) in [4.78, 5) is 4.57. The molecule has 0 aliphatic heterocycles. The zero-order chi connectivity index (χ0) is 13.0. The first-order chi connectivity index (χ1) is 8.74. The Labute approximate surface area is 110 Å². The molecule has 1 aromatic heterocycles. The van der Waals surface area contributed by atoms with E-state index in [0.717, 1.165) is 43.4 Å². The lowest BCUT2D eigenvalue weighted by Crippen LogP contribution is -2.32. The molecule has 0 radical (unpaired) electrons. The third kappa shape index (κ3) is 3.55. The molecule has 1 fully saturated rings. The molecule has 102 valence electrons. The third-order valence-electron chi connectivity index (χ3n) is 3.73. The lowest BCUT2D eigenvalue weighted by molar-refractivity contribution is 0.314. The summed E-state index contributed by atoms with van der Waals surface area (Å²) >= 11 is 0. The minimum Gasteiger partial charge on any atom is -0.339 e. The van der Waals surface area contributed by atoms with Crippen LogP contribution in [0.15, 0.2) is 4.52 Å². The summed E-state index contributed by atoms with van der Waals surface area (Å²) < 4.78 is 5.45. The maximum absolute atomic E-state index is 5.45. The van der Waals surface area contributed by atoms with E-state index in [-0.39, 0.29) is 0 Å². The topological polar surface area (TPSA) is 51.0 Å². The lowest BCUT2D eigenvalue weighted by atomic mass is 9.98. The fourth-order valence-electron chi connectivity index (χ4n) is 2.34. The molecule has 1 aromatic rings. The fourth-order valence-corrected chi connectivity index (χ4v) is 2.34. The van der Waals surface area contributed by atoms with Crippen LogP contribution in [-0.4, -0.2) is 22.7 Å². The SMILES string of the molecule is CCCNC(C)C(CC)c1nc(CC2CC2)no1. The Morgan fingerprint density at radius 2 is 2.17 bits per heavy atom. The van der Waals surface area contributed by atoms with E-state index in [4.69, 9.17) is 4.52 Å². The highest BCUT2D eigenvalue weighted by atomic mass is 16.5. The van der Waals surface area contributed by atoms with Gasteiger partial charge in [-0.15, -0.1) is 0 Å². The summed E-state index contributed by atoms with van der Waals surface area (Å²) in [5, 5.41) is 7.63. The molecule has 0 amide bonds. The van der Waals surface area contributed by atoms with Gasteiger partial charge in [-0.25, -0.2) is 0 Å². The van der Waals surface area contributed by atoms with Crippen LogP contribution in [0, 0.1) is 5.92 Å². The van der Waals surface area contributed by atoms with E-state index < -0.39 is 0 Å². The van der Waals surface area contributed by atoms with Crippen molar-refractivity contribution in [2.45, 2.75) is 64.8 Å². The van der Waals surface area contributed by atoms with Crippen LogP contribution in [-0.2, 0) is 6.42 Å². The van der Waals surface area contributed by atoms with Gasteiger partial charge in [0.15, 0.2) is 5.82 Å². The molecule has 2 atom stereocenters. The molecule has 1 aliphatic rings. The Bertz CT molecular complexity index is 360. The van der Waals surface area contributed by atoms with Crippen LogP contribution >= 0.6 is 0 Å². The second kappa shape index (κ2) is 6.32. The molecule has 0 bridgehead atoms. The molecular formula is C14H25N3O. The highest BCUT2D eigenvalue weighted by Gasteiger charge is 2.27. The van der Waals surface area contributed by atoms with Crippen molar-refractivity contribution >= 4 is 0 Å². The number of hydrogen-bond acceptors (Lipinski definition) is 4. The number of rotatable bonds is 8. The van der Waals surface area contributed by atoms with Crippen LogP contribution in [0.25, 0.3) is 0 Å². The largest absolute Gasteiger partial charge is 0.339 e. The summed E-state index contributed by atoms with van der Waals surface area (Å²) in [6.07, 6.45) is 5.84. The van der Waals surface area contributed by atoms with E-state index in [1.807, 2.05) is 0 Å². The van der Waals surface area contributed by atoms with Crippen molar-refractivity contribution in [1.29, 1.82) is 0 Å². The molecule has 1 N–H and O–H groups in total. The van der Waals surface area contributed by atoms with Crippen molar-refractivity contribution in [2.24, 2.45) is 5.92 Å². The van der Waals surface area contributed by atoms with Gasteiger partial charge in [0.2, 0.25) is 5.89 Å². The van der Waals surface area contributed by atoms with E-state index in [0.29, 0.717) is 12.0 Å². The molecule has 1 heterocycles. The van der Waals surface area contributed by atoms with Crippen LogP contribution in [0.1, 0.15) is 64.1 Å². The number of hydrogen-bond donors (Lipinski definition) is 1. The van der Waals surface area contributed by atoms with Crippen molar-refractivity contribution in [2.75, 3.05) is 6.54 Å². The van der Waals surface area contributed by atoms with E-state index in [1.165, 1.54) is 12.8 Å². The molecule has 0 spiro atoms. The van der Waals surface area contributed by atoms with Gasteiger partial charge in [-0.3, -0.25) is 0 Å². The zero-order valence-electron chi connectivity index (χ0n) is 11.8. The highest BCUT2D eigenvalue weighted by molar-refractivity contribution is 4.99. The molecular weight excluding hydrogens is 226 g/mol. The molecule has 2 unspecified atom stereocenters.